The van der Waals surface area contributed by atoms with E-state index in [1.165, 1.54) is 22.8 Å². The fraction of sp³-hybridized carbons (Fsp3) is 0.269. The Bertz CT molecular complexity index is 1090. The molecule has 0 fully saturated rings. The van der Waals surface area contributed by atoms with Gasteiger partial charge in [-0.3, -0.25) is 6.08 Å². The van der Waals surface area contributed by atoms with Gasteiger partial charge in [-0.25, -0.2) is 14.4 Å². The summed E-state index contributed by atoms with van der Waals surface area (Å²) in [6.07, 6.45) is 3.36. The van der Waals surface area contributed by atoms with Gasteiger partial charge in [0.1, 0.15) is 0 Å². The second-order valence-corrected chi connectivity index (χ2v) is 17.1. The van der Waals surface area contributed by atoms with Crippen molar-refractivity contribution in [2.24, 2.45) is 5.92 Å². The Hall–Kier alpha value is -1.51. The maximum absolute atomic E-state index is 13.8. The Labute approximate surface area is 194 Å². The molecule has 0 aromatic heterocycles. The van der Waals surface area contributed by atoms with Crippen molar-refractivity contribution in [2.75, 3.05) is 0 Å². The number of fused-ring (bicyclic) bond motifs is 1. The first-order valence-corrected chi connectivity index (χ1v) is 16.2. The Morgan fingerprint density at radius 1 is 1.03 bits per heavy atom. The van der Waals surface area contributed by atoms with E-state index in [4.69, 9.17) is 0 Å². The van der Waals surface area contributed by atoms with E-state index in [2.05, 4.69) is 46.9 Å². The normalized spacial score (nSPS) is 15.3. The van der Waals surface area contributed by atoms with Crippen molar-refractivity contribution in [1.82, 2.24) is 0 Å². The Kier molecular flexibility index (Phi) is 9.25. The van der Waals surface area contributed by atoms with Gasteiger partial charge in [-0.15, -0.1) is 30.0 Å². The molecule has 0 saturated heterocycles. The first kappa shape index (κ1) is 24.8. The maximum atomic E-state index is 13.8. The zero-order valence-electron chi connectivity index (χ0n) is 18.5. The Balaban J connectivity index is 0.000000207. The molecule has 1 aliphatic carbocycles. The molecule has 0 nitrogen and oxygen atoms in total. The van der Waals surface area contributed by atoms with Crippen LogP contribution in [0.25, 0.3) is 21.9 Å². The van der Waals surface area contributed by atoms with Crippen molar-refractivity contribution in [2.45, 2.75) is 40.8 Å². The first-order valence-electron chi connectivity index (χ1n) is 10.0. The molecule has 3 aromatic carbocycles. The van der Waals surface area contributed by atoms with Gasteiger partial charge >= 0.3 is 41.9 Å². The van der Waals surface area contributed by atoms with E-state index in [0.717, 1.165) is 17.2 Å². The average molecular weight is 498 g/mol. The molecule has 3 aromatic rings. The third kappa shape index (κ3) is 6.49. The summed E-state index contributed by atoms with van der Waals surface area (Å²) in [7, 11) is 0. The summed E-state index contributed by atoms with van der Waals surface area (Å²) in [5, 5.41) is 1.08. The predicted octanol–water partition coefficient (Wildman–Crippen LogP) is 8.01. The van der Waals surface area contributed by atoms with Crippen molar-refractivity contribution in [3.63, 3.8) is 0 Å². The summed E-state index contributed by atoms with van der Waals surface area (Å²) in [5.41, 5.74) is 6.20. The van der Waals surface area contributed by atoms with Gasteiger partial charge in [0.05, 0.1) is 11.6 Å². The van der Waals surface area contributed by atoms with Gasteiger partial charge in [-0.05, 0) is 6.07 Å². The topological polar surface area (TPSA) is 0 Å². The van der Waals surface area contributed by atoms with Gasteiger partial charge in [0, 0.05) is 0 Å². The fourth-order valence-electron chi connectivity index (χ4n) is 3.29. The molecule has 1 atom stereocenters. The molecular formula is C26H28F2SiZr. The number of rotatable bonds is 1. The van der Waals surface area contributed by atoms with E-state index < -0.39 is 11.6 Å². The molecule has 1 aliphatic rings. The van der Waals surface area contributed by atoms with E-state index in [1.807, 2.05) is 36.4 Å². The second-order valence-electron chi connectivity index (χ2n) is 7.76. The van der Waals surface area contributed by atoms with Crippen LogP contribution in [0.3, 0.4) is 0 Å². The SMILES string of the molecule is CC1=[C-]C(C)C(C)=C1C.C[Si](C)=[Zr+2].Fc1cc(F)c2c(-c3ccccc3)c[cH-]c2c1. The third-order valence-corrected chi connectivity index (χ3v) is 5.11. The van der Waals surface area contributed by atoms with Crippen molar-refractivity contribution in [3.05, 3.63) is 89.0 Å². The predicted molar refractivity (Wildman–Crippen MR) is 122 cm³/mol. The summed E-state index contributed by atoms with van der Waals surface area (Å²) >= 11 is 1.74. The Morgan fingerprint density at radius 3 is 2.10 bits per heavy atom. The second kappa shape index (κ2) is 11.2. The van der Waals surface area contributed by atoms with Crippen LogP contribution in [0.15, 0.2) is 71.3 Å². The molecule has 0 N–H and O–H groups in total. The molecule has 0 radical (unpaired) electrons. The number of hydrogen-bond donors (Lipinski definition) is 0. The number of allylic oxidation sites excluding steroid dienone is 4. The zero-order valence-corrected chi connectivity index (χ0v) is 22.0. The van der Waals surface area contributed by atoms with Crippen LogP contribution >= 0.6 is 0 Å². The molecule has 1 unspecified atom stereocenters. The molecule has 30 heavy (non-hydrogen) atoms. The maximum Gasteiger partial charge on any atom is 0.0844 e. The van der Waals surface area contributed by atoms with Crippen LogP contribution in [0.1, 0.15) is 27.7 Å². The van der Waals surface area contributed by atoms with Crippen molar-refractivity contribution in [1.29, 1.82) is 0 Å². The molecule has 0 bridgehead atoms. The van der Waals surface area contributed by atoms with Crippen LogP contribution in [-0.2, 0) is 23.3 Å². The molecule has 0 aliphatic heterocycles. The van der Waals surface area contributed by atoms with Gasteiger partial charge in [0.15, 0.2) is 0 Å². The molecule has 0 amide bonds. The summed E-state index contributed by atoms with van der Waals surface area (Å²) in [4.78, 5) is 0. The van der Waals surface area contributed by atoms with Crippen molar-refractivity contribution >= 4 is 16.2 Å². The minimum atomic E-state index is -0.541. The van der Waals surface area contributed by atoms with E-state index in [1.54, 1.807) is 29.4 Å². The van der Waals surface area contributed by atoms with Crippen LogP contribution in [-0.4, -0.2) is 5.43 Å². The van der Waals surface area contributed by atoms with Gasteiger partial charge < -0.3 is 0 Å². The van der Waals surface area contributed by atoms with Crippen molar-refractivity contribution < 1.29 is 32.1 Å². The molecule has 4 rings (SSSR count). The smallest absolute Gasteiger partial charge is 0.0844 e. The van der Waals surface area contributed by atoms with Crippen LogP contribution in [0, 0.1) is 23.6 Å². The average Bonchev–Trinajstić information content (AvgIpc) is 3.20. The summed E-state index contributed by atoms with van der Waals surface area (Å²) in [5.74, 6) is -0.492. The van der Waals surface area contributed by atoms with Gasteiger partial charge in [-0.1, -0.05) is 74.0 Å². The van der Waals surface area contributed by atoms with E-state index in [-0.39, 0.29) is 5.43 Å². The fourth-order valence-corrected chi connectivity index (χ4v) is 3.29. The molecule has 0 saturated carbocycles. The van der Waals surface area contributed by atoms with E-state index >= 15 is 0 Å². The van der Waals surface area contributed by atoms with Crippen LogP contribution in [0.5, 0.6) is 0 Å². The number of benzene rings is 2. The monoisotopic (exact) mass is 496 g/mol. The quantitative estimate of drug-likeness (QED) is 0.236. The number of halogens is 2. The van der Waals surface area contributed by atoms with Gasteiger partial charge in [0.2, 0.25) is 0 Å². The minimum Gasteiger partial charge on any atom is -0.218 e. The number of hydrogen-bond acceptors (Lipinski definition) is 0. The van der Waals surface area contributed by atoms with Crippen molar-refractivity contribution in [3.8, 4) is 11.1 Å². The summed E-state index contributed by atoms with van der Waals surface area (Å²) < 4.78 is 26.9. The molecule has 154 valence electrons. The minimum absolute atomic E-state index is 0.210. The van der Waals surface area contributed by atoms with Crippen LogP contribution in [0.4, 0.5) is 8.78 Å². The Morgan fingerprint density at radius 2 is 1.63 bits per heavy atom. The third-order valence-electron chi connectivity index (χ3n) is 5.11. The molecule has 0 spiro atoms. The molecule has 4 heteroatoms. The zero-order chi connectivity index (χ0) is 22.4. The standard InChI is InChI=1S/C15H9F2.C9H13.C2H6Si.Zr/c16-12-8-11-6-7-13(15(11)14(17)9-12)10-4-2-1-3-5-10;1-6-5-7(2)9(4)8(6)3;1-3-2;/h1-9H;6H,1-4H3;1-2H3;/q2*-1;;+2. The molecule has 0 heterocycles. The largest absolute Gasteiger partial charge is 0.218 e. The van der Waals surface area contributed by atoms with Crippen LogP contribution < -0.4 is 0 Å². The van der Waals surface area contributed by atoms with Crippen LogP contribution in [0.2, 0.25) is 13.1 Å². The summed E-state index contributed by atoms with van der Waals surface area (Å²) in [6.45, 7) is 13.3. The van der Waals surface area contributed by atoms with E-state index in [9.17, 15) is 8.78 Å². The van der Waals surface area contributed by atoms with E-state index in [0.29, 0.717) is 16.7 Å². The summed E-state index contributed by atoms with van der Waals surface area (Å²) in [6, 6.07) is 15.4. The first-order chi connectivity index (χ1) is 14.1. The molecular weight excluding hydrogens is 470 g/mol. The van der Waals surface area contributed by atoms with Gasteiger partial charge in [-0.2, -0.15) is 11.1 Å². The van der Waals surface area contributed by atoms with Gasteiger partial charge in [0.25, 0.3) is 0 Å².